The van der Waals surface area contributed by atoms with Crippen LogP contribution >= 0.6 is 0 Å². The summed E-state index contributed by atoms with van der Waals surface area (Å²) < 4.78 is 0. The van der Waals surface area contributed by atoms with Crippen molar-refractivity contribution in [1.29, 1.82) is 0 Å². The maximum atomic E-state index is 4.66. The summed E-state index contributed by atoms with van der Waals surface area (Å²) in [7, 11) is 0. The molecule has 0 aliphatic rings. The van der Waals surface area contributed by atoms with E-state index in [4.69, 9.17) is 0 Å². The summed E-state index contributed by atoms with van der Waals surface area (Å²) in [4.78, 5) is 4.66. The van der Waals surface area contributed by atoms with Gasteiger partial charge in [0.15, 0.2) is 0 Å². The normalized spacial score (nSPS) is 10.9. The lowest BCUT2D eigenvalue weighted by molar-refractivity contribution is 0.925. The van der Waals surface area contributed by atoms with Crippen LogP contribution in [0.2, 0.25) is 0 Å². The molecule has 0 aliphatic heterocycles. The van der Waals surface area contributed by atoms with Gasteiger partial charge < -0.3 is 0 Å². The molecule has 0 aliphatic carbocycles. The van der Waals surface area contributed by atoms with Crippen LogP contribution < -0.4 is 0 Å². The van der Waals surface area contributed by atoms with Gasteiger partial charge in [-0.1, -0.05) is 31.5 Å². The molecule has 0 amide bonds. The number of para-hydroxylation sites is 1. The summed E-state index contributed by atoms with van der Waals surface area (Å²) in [6, 6.07) is 8.64. The highest BCUT2D eigenvalue weighted by Gasteiger charge is 2.04. The minimum Gasteiger partial charge on any atom is -0.253 e. The fourth-order valence-corrected chi connectivity index (χ4v) is 2.11. The molecule has 2 aromatic rings. The van der Waals surface area contributed by atoms with Crippen LogP contribution in [-0.4, -0.2) is 4.98 Å². The first-order chi connectivity index (χ1) is 7.22. The smallest absolute Gasteiger partial charge is 0.0739 e. The molecule has 0 radical (unpaired) electrons. The van der Waals surface area contributed by atoms with Crippen molar-refractivity contribution in [2.24, 2.45) is 0 Å². The second-order valence-electron chi connectivity index (χ2n) is 4.14. The molecule has 0 unspecified atom stereocenters. The van der Waals surface area contributed by atoms with Crippen LogP contribution in [0.15, 0.2) is 24.3 Å². The quantitative estimate of drug-likeness (QED) is 0.716. The van der Waals surface area contributed by atoms with Crippen LogP contribution in [0.5, 0.6) is 0 Å². The fourth-order valence-electron chi connectivity index (χ4n) is 2.11. The monoisotopic (exact) mass is 199 g/mol. The molecular formula is C14H17N. The molecule has 0 saturated carbocycles. The minimum atomic E-state index is 1.11. The third-order valence-electron chi connectivity index (χ3n) is 2.78. The lowest BCUT2D eigenvalue weighted by Crippen LogP contribution is -1.93. The summed E-state index contributed by atoms with van der Waals surface area (Å²) >= 11 is 0. The van der Waals surface area contributed by atoms with E-state index in [1.807, 2.05) is 0 Å². The number of fused-ring (bicyclic) bond motifs is 1. The molecule has 1 heteroatoms. The average Bonchev–Trinajstić information content (AvgIpc) is 2.19. The molecule has 0 atom stereocenters. The molecule has 0 bridgehead atoms. The van der Waals surface area contributed by atoms with Gasteiger partial charge in [-0.15, -0.1) is 0 Å². The zero-order valence-corrected chi connectivity index (χ0v) is 9.67. The number of nitrogens with zero attached hydrogens (tertiary/aromatic N) is 1. The predicted molar refractivity (Wildman–Crippen MR) is 65.2 cm³/mol. The van der Waals surface area contributed by atoms with Crippen molar-refractivity contribution in [1.82, 2.24) is 4.98 Å². The highest BCUT2D eigenvalue weighted by molar-refractivity contribution is 5.85. The zero-order valence-electron chi connectivity index (χ0n) is 9.67. The maximum Gasteiger partial charge on any atom is 0.0739 e. The van der Waals surface area contributed by atoms with Crippen molar-refractivity contribution in [2.75, 3.05) is 0 Å². The number of hydrogen-bond acceptors (Lipinski definition) is 1. The van der Waals surface area contributed by atoms with Crippen LogP contribution in [0.4, 0.5) is 0 Å². The molecule has 78 valence electrons. The van der Waals surface area contributed by atoms with Crippen molar-refractivity contribution in [2.45, 2.75) is 33.6 Å². The van der Waals surface area contributed by atoms with Crippen LogP contribution in [-0.2, 0) is 6.42 Å². The van der Waals surface area contributed by atoms with E-state index < -0.39 is 0 Å². The van der Waals surface area contributed by atoms with Crippen molar-refractivity contribution in [3.63, 3.8) is 0 Å². The largest absolute Gasteiger partial charge is 0.253 e. The Morgan fingerprint density at radius 1 is 1.20 bits per heavy atom. The summed E-state index contributed by atoms with van der Waals surface area (Å²) in [5, 5.41) is 1.30. The number of aromatic nitrogens is 1. The Labute approximate surface area is 91.2 Å². The summed E-state index contributed by atoms with van der Waals surface area (Å²) in [6.07, 6.45) is 2.29. The number of benzene rings is 1. The lowest BCUT2D eigenvalue weighted by atomic mass is 10.0. The number of aryl methyl sites for hydroxylation is 3. The fraction of sp³-hybridized carbons (Fsp3) is 0.357. The highest BCUT2D eigenvalue weighted by atomic mass is 14.7. The van der Waals surface area contributed by atoms with Crippen LogP contribution in [0.3, 0.4) is 0 Å². The number of hydrogen-bond donors (Lipinski definition) is 0. The Morgan fingerprint density at radius 3 is 2.73 bits per heavy atom. The summed E-state index contributed by atoms with van der Waals surface area (Å²) in [5.41, 5.74) is 5.01. The lowest BCUT2D eigenvalue weighted by Gasteiger charge is -2.08. The predicted octanol–water partition coefficient (Wildman–Crippen LogP) is 3.80. The molecular weight excluding hydrogens is 182 g/mol. The Morgan fingerprint density at radius 2 is 2.00 bits per heavy atom. The molecule has 0 fully saturated rings. The summed E-state index contributed by atoms with van der Waals surface area (Å²) in [6.45, 7) is 6.43. The Hall–Kier alpha value is -1.37. The molecule has 0 N–H and O–H groups in total. The molecule has 1 heterocycles. The zero-order chi connectivity index (χ0) is 10.8. The third kappa shape index (κ3) is 1.87. The Bertz CT molecular complexity index is 486. The second-order valence-corrected chi connectivity index (χ2v) is 4.14. The maximum absolute atomic E-state index is 4.66. The van der Waals surface area contributed by atoms with Gasteiger partial charge in [0.05, 0.1) is 5.52 Å². The first-order valence-electron chi connectivity index (χ1n) is 5.58. The van der Waals surface area contributed by atoms with Gasteiger partial charge in [-0.25, -0.2) is 0 Å². The molecule has 0 spiro atoms. The Kier molecular flexibility index (Phi) is 2.72. The third-order valence-corrected chi connectivity index (χ3v) is 2.78. The van der Waals surface area contributed by atoms with Crippen molar-refractivity contribution in [3.8, 4) is 0 Å². The molecule has 1 nitrogen and oxygen atoms in total. The second kappa shape index (κ2) is 4.01. The minimum absolute atomic E-state index is 1.11. The van der Waals surface area contributed by atoms with Gasteiger partial charge in [-0.3, -0.25) is 4.98 Å². The van der Waals surface area contributed by atoms with Crippen LogP contribution in [0, 0.1) is 13.8 Å². The van der Waals surface area contributed by atoms with E-state index in [1.54, 1.807) is 0 Å². The molecule has 15 heavy (non-hydrogen) atoms. The van der Waals surface area contributed by atoms with Crippen molar-refractivity contribution in [3.05, 3.63) is 41.1 Å². The van der Waals surface area contributed by atoms with Gasteiger partial charge in [-0.2, -0.15) is 0 Å². The van der Waals surface area contributed by atoms with E-state index in [-0.39, 0.29) is 0 Å². The molecule has 0 saturated heterocycles. The van der Waals surface area contributed by atoms with E-state index in [0.717, 1.165) is 12.1 Å². The number of pyridine rings is 1. The van der Waals surface area contributed by atoms with E-state index in [9.17, 15) is 0 Å². The molecule has 1 aromatic carbocycles. The van der Waals surface area contributed by atoms with Crippen molar-refractivity contribution < 1.29 is 0 Å². The molecule has 1 aromatic heterocycles. The Balaban J connectivity index is 2.73. The SMILES string of the molecule is CCCc1cccc2c(C)cc(C)nc12. The van der Waals surface area contributed by atoms with E-state index in [1.165, 1.54) is 28.5 Å². The first-order valence-corrected chi connectivity index (χ1v) is 5.58. The van der Waals surface area contributed by atoms with Crippen molar-refractivity contribution >= 4 is 10.9 Å². The van der Waals surface area contributed by atoms with Gasteiger partial charge in [0.25, 0.3) is 0 Å². The highest BCUT2D eigenvalue weighted by Crippen LogP contribution is 2.21. The van der Waals surface area contributed by atoms with E-state index in [2.05, 4.69) is 50.0 Å². The van der Waals surface area contributed by atoms with Gasteiger partial charge in [0, 0.05) is 11.1 Å². The van der Waals surface area contributed by atoms with Gasteiger partial charge in [0.1, 0.15) is 0 Å². The van der Waals surface area contributed by atoms with Crippen LogP contribution in [0.25, 0.3) is 10.9 Å². The van der Waals surface area contributed by atoms with Crippen LogP contribution in [0.1, 0.15) is 30.2 Å². The topological polar surface area (TPSA) is 12.9 Å². The average molecular weight is 199 g/mol. The van der Waals surface area contributed by atoms with Gasteiger partial charge >= 0.3 is 0 Å². The summed E-state index contributed by atoms with van der Waals surface area (Å²) in [5.74, 6) is 0. The van der Waals surface area contributed by atoms with E-state index >= 15 is 0 Å². The van der Waals surface area contributed by atoms with Gasteiger partial charge in [0.2, 0.25) is 0 Å². The standard InChI is InChI=1S/C14H17N/c1-4-6-12-7-5-8-13-10(2)9-11(3)15-14(12)13/h5,7-9H,4,6H2,1-3H3. The first kappa shape index (κ1) is 10.2. The molecule has 2 rings (SSSR count). The number of rotatable bonds is 2. The van der Waals surface area contributed by atoms with Gasteiger partial charge in [-0.05, 0) is 37.5 Å². The van der Waals surface area contributed by atoms with E-state index in [0.29, 0.717) is 0 Å².